The predicted octanol–water partition coefficient (Wildman–Crippen LogP) is 4.83. The third-order valence-electron chi connectivity index (χ3n) is 5.05. The van der Waals surface area contributed by atoms with E-state index in [4.69, 9.17) is 15.2 Å². The molecule has 0 radical (unpaired) electrons. The maximum atomic E-state index is 12.5. The second kappa shape index (κ2) is 9.30. The van der Waals surface area contributed by atoms with Crippen LogP contribution in [-0.2, 0) is 16.0 Å². The van der Waals surface area contributed by atoms with Crippen molar-refractivity contribution in [2.45, 2.75) is 46.1 Å². The summed E-state index contributed by atoms with van der Waals surface area (Å²) in [5.41, 5.74) is 10.1. The maximum Gasteiger partial charge on any atom is 0.338 e. The summed E-state index contributed by atoms with van der Waals surface area (Å²) in [6.45, 7) is 7.49. The number of ether oxygens (including phenoxy) is 2. The smallest absolute Gasteiger partial charge is 0.338 e. The summed E-state index contributed by atoms with van der Waals surface area (Å²) < 4.78 is 12.9. The molecule has 0 spiro atoms. The lowest BCUT2D eigenvalue weighted by atomic mass is 10.1. The Morgan fingerprint density at radius 2 is 1.69 bits per heavy atom. The van der Waals surface area contributed by atoms with E-state index in [0.717, 1.165) is 34.0 Å². The van der Waals surface area contributed by atoms with E-state index < -0.39 is 5.60 Å². The molecule has 6 heteroatoms. The molecule has 0 fully saturated rings. The minimum atomic E-state index is -0.562. The van der Waals surface area contributed by atoms with Gasteiger partial charge in [0.1, 0.15) is 11.4 Å². The number of benzene rings is 2. The van der Waals surface area contributed by atoms with E-state index in [1.165, 1.54) is 0 Å². The summed E-state index contributed by atoms with van der Waals surface area (Å²) in [7, 11) is 1.63. The van der Waals surface area contributed by atoms with Gasteiger partial charge >= 0.3 is 5.97 Å². The average molecular weight is 435 g/mol. The summed E-state index contributed by atoms with van der Waals surface area (Å²) >= 11 is 0. The van der Waals surface area contributed by atoms with Gasteiger partial charge in [-0.05, 0) is 99.8 Å². The Morgan fingerprint density at radius 1 is 1.00 bits per heavy atom. The molecule has 1 amide bonds. The molecule has 0 aliphatic heterocycles. The Labute approximate surface area is 189 Å². The van der Waals surface area contributed by atoms with Gasteiger partial charge in [-0.1, -0.05) is 0 Å². The van der Waals surface area contributed by atoms with Gasteiger partial charge < -0.3 is 19.8 Å². The summed E-state index contributed by atoms with van der Waals surface area (Å²) in [6, 6.07) is 17.4. The molecule has 0 unspecified atom stereocenters. The van der Waals surface area contributed by atoms with E-state index in [1.54, 1.807) is 13.2 Å². The number of methoxy groups -OCH3 is 1. The Kier molecular flexibility index (Phi) is 6.72. The van der Waals surface area contributed by atoms with Crippen LogP contribution in [0.4, 0.5) is 0 Å². The molecule has 0 saturated heterocycles. The third kappa shape index (κ3) is 5.38. The molecule has 32 heavy (non-hydrogen) atoms. The first-order valence-corrected chi connectivity index (χ1v) is 10.6. The molecular formula is C26H30N2O4. The summed E-state index contributed by atoms with van der Waals surface area (Å²) in [4.78, 5) is 23.9. The number of carbonyl (C=O) groups is 2. The summed E-state index contributed by atoms with van der Waals surface area (Å²) in [5.74, 6) is 0.0726. The van der Waals surface area contributed by atoms with Gasteiger partial charge in [-0.2, -0.15) is 0 Å². The van der Waals surface area contributed by atoms with Crippen LogP contribution in [0.1, 0.15) is 48.8 Å². The largest absolute Gasteiger partial charge is 0.497 e. The van der Waals surface area contributed by atoms with Crippen LogP contribution < -0.4 is 10.5 Å². The van der Waals surface area contributed by atoms with Crippen molar-refractivity contribution in [3.8, 4) is 22.7 Å². The lowest BCUT2D eigenvalue weighted by molar-refractivity contribution is -0.118. The summed E-state index contributed by atoms with van der Waals surface area (Å²) in [5, 5.41) is 0. The molecule has 0 bridgehead atoms. The van der Waals surface area contributed by atoms with Gasteiger partial charge in [0, 0.05) is 17.8 Å². The highest BCUT2D eigenvalue weighted by Crippen LogP contribution is 2.31. The Morgan fingerprint density at radius 3 is 2.25 bits per heavy atom. The molecular weight excluding hydrogens is 404 g/mol. The van der Waals surface area contributed by atoms with Crippen molar-refractivity contribution in [1.82, 2.24) is 4.57 Å². The highest BCUT2D eigenvalue weighted by molar-refractivity contribution is 5.90. The fourth-order valence-corrected chi connectivity index (χ4v) is 3.57. The molecule has 3 rings (SSSR count). The molecule has 2 N–H and O–H groups in total. The van der Waals surface area contributed by atoms with Crippen molar-refractivity contribution in [2.24, 2.45) is 5.73 Å². The number of aryl methyl sites for hydroxylation is 2. The number of nitrogens with two attached hydrogens (primary N) is 1. The Balaban J connectivity index is 2.06. The molecule has 3 aromatic rings. The number of amides is 1. The maximum absolute atomic E-state index is 12.5. The Hall–Kier alpha value is -3.54. The number of hydrogen-bond acceptors (Lipinski definition) is 4. The zero-order valence-electron chi connectivity index (χ0n) is 19.3. The van der Waals surface area contributed by atoms with Crippen LogP contribution in [0, 0.1) is 6.92 Å². The van der Waals surface area contributed by atoms with Crippen molar-refractivity contribution in [2.75, 3.05) is 7.11 Å². The normalized spacial score (nSPS) is 11.3. The quantitative estimate of drug-likeness (QED) is 0.540. The molecule has 1 aromatic heterocycles. The Bertz CT molecular complexity index is 1120. The zero-order chi connectivity index (χ0) is 23.5. The third-order valence-corrected chi connectivity index (χ3v) is 5.05. The predicted molar refractivity (Wildman–Crippen MR) is 125 cm³/mol. The number of rotatable bonds is 7. The van der Waals surface area contributed by atoms with Crippen LogP contribution in [0.3, 0.4) is 0 Å². The van der Waals surface area contributed by atoms with Crippen molar-refractivity contribution in [3.05, 3.63) is 71.4 Å². The van der Waals surface area contributed by atoms with Gasteiger partial charge in [0.25, 0.3) is 0 Å². The van der Waals surface area contributed by atoms with E-state index in [2.05, 4.69) is 4.57 Å². The van der Waals surface area contributed by atoms with Crippen LogP contribution in [0.2, 0.25) is 0 Å². The first-order valence-electron chi connectivity index (χ1n) is 10.6. The first-order chi connectivity index (χ1) is 15.1. The molecule has 0 saturated carbocycles. The lowest BCUT2D eigenvalue weighted by Gasteiger charge is -2.20. The number of hydrogen-bond donors (Lipinski definition) is 1. The standard InChI is InChI=1S/C26H30N2O4/c1-17-16-19(25(30)32-26(2,3)4)8-13-22(17)28-20(10-15-24(27)29)9-14-23(28)18-6-11-21(31-5)12-7-18/h6-9,11-14,16H,10,15H2,1-5H3,(H2,27,29). The van der Waals surface area contributed by atoms with Crippen LogP contribution in [0.5, 0.6) is 5.75 Å². The second-order valence-corrected chi connectivity index (χ2v) is 8.74. The highest BCUT2D eigenvalue weighted by Gasteiger charge is 2.20. The van der Waals surface area contributed by atoms with Crippen LogP contribution in [0.25, 0.3) is 16.9 Å². The molecule has 168 valence electrons. The number of carbonyl (C=O) groups excluding carboxylic acids is 2. The van der Waals surface area contributed by atoms with Crippen LogP contribution in [0.15, 0.2) is 54.6 Å². The zero-order valence-corrected chi connectivity index (χ0v) is 19.3. The van der Waals surface area contributed by atoms with Crippen molar-refractivity contribution in [1.29, 1.82) is 0 Å². The van der Waals surface area contributed by atoms with Gasteiger partial charge in [-0.25, -0.2) is 4.79 Å². The molecule has 0 aliphatic rings. The van der Waals surface area contributed by atoms with Crippen molar-refractivity contribution >= 4 is 11.9 Å². The SMILES string of the molecule is COc1ccc(-c2ccc(CCC(N)=O)n2-c2ccc(C(=O)OC(C)(C)C)cc2C)cc1. The summed E-state index contributed by atoms with van der Waals surface area (Å²) in [6.07, 6.45) is 0.764. The minimum Gasteiger partial charge on any atom is -0.497 e. The van der Waals surface area contributed by atoms with Gasteiger partial charge in [-0.3, -0.25) is 4.79 Å². The van der Waals surface area contributed by atoms with E-state index >= 15 is 0 Å². The monoisotopic (exact) mass is 434 g/mol. The molecule has 0 atom stereocenters. The van der Waals surface area contributed by atoms with E-state index in [0.29, 0.717) is 12.0 Å². The molecule has 0 aliphatic carbocycles. The number of primary amides is 1. The van der Waals surface area contributed by atoms with Crippen LogP contribution in [-0.4, -0.2) is 29.2 Å². The minimum absolute atomic E-state index is 0.251. The average Bonchev–Trinajstić information content (AvgIpc) is 3.14. The first kappa shape index (κ1) is 23.1. The topological polar surface area (TPSA) is 83.5 Å². The van der Waals surface area contributed by atoms with Gasteiger partial charge in [0.15, 0.2) is 0 Å². The van der Waals surface area contributed by atoms with Gasteiger partial charge in [-0.15, -0.1) is 0 Å². The van der Waals surface area contributed by atoms with Gasteiger partial charge in [0.05, 0.1) is 18.4 Å². The molecule has 1 heterocycles. The number of nitrogens with zero attached hydrogens (tertiary/aromatic N) is 1. The lowest BCUT2D eigenvalue weighted by Crippen LogP contribution is -2.24. The molecule has 2 aromatic carbocycles. The van der Waals surface area contributed by atoms with Crippen LogP contribution >= 0.6 is 0 Å². The number of aromatic nitrogens is 1. The van der Waals surface area contributed by atoms with Crippen molar-refractivity contribution < 1.29 is 19.1 Å². The van der Waals surface area contributed by atoms with E-state index in [9.17, 15) is 9.59 Å². The fraction of sp³-hybridized carbons (Fsp3) is 0.308. The van der Waals surface area contributed by atoms with E-state index in [1.807, 2.05) is 76.2 Å². The van der Waals surface area contributed by atoms with Gasteiger partial charge in [0.2, 0.25) is 5.91 Å². The fourth-order valence-electron chi connectivity index (χ4n) is 3.57. The van der Waals surface area contributed by atoms with E-state index in [-0.39, 0.29) is 18.3 Å². The van der Waals surface area contributed by atoms with Crippen molar-refractivity contribution in [3.63, 3.8) is 0 Å². The number of esters is 1. The highest BCUT2D eigenvalue weighted by atomic mass is 16.6. The molecule has 6 nitrogen and oxygen atoms in total. The second-order valence-electron chi connectivity index (χ2n) is 8.74.